The maximum absolute atomic E-state index is 12.8. The van der Waals surface area contributed by atoms with E-state index in [1.54, 1.807) is 0 Å². The van der Waals surface area contributed by atoms with Gasteiger partial charge in [-0.15, -0.1) is 5.10 Å². The molecule has 0 atom stereocenters. The van der Waals surface area contributed by atoms with E-state index in [0.29, 0.717) is 37.8 Å². The van der Waals surface area contributed by atoms with Gasteiger partial charge < -0.3 is 9.47 Å². The first-order valence-corrected chi connectivity index (χ1v) is 8.78. The smallest absolute Gasteiger partial charge is 0.276 e. The monoisotopic (exact) mass is 351 g/mol. The van der Waals surface area contributed by atoms with Gasteiger partial charge in [-0.05, 0) is 17.7 Å². The Kier molecular flexibility index (Phi) is 4.95. The number of morpholine rings is 1. The lowest BCUT2D eigenvalue weighted by Crippen LogP contribution is -2.40. The summed E-state index contributed by atoms with van der Waals surface area (Å²) in [6, 6.07) is 17.4. The molecule has 0 aliphatic carbocycles. The average molecular weight is 351 g/mol. The third-order valence-electron chi connectivity index (χ3n) is 4.49. The van der Waals surface area contributed by atoms with Gasteiger partial charge in [-0.25, -0.2) is 4.68 Å². The van der Waals surface area contributed by atoms with E-state index in [-0.39, 0.29) is 5.56 Å². The predicted molar refractivity (Wildman–Crippen MR) is 99.2 cm³/mol. The molecule has 1 fully saturated rings. The lowest BCUT2D eigenvalue weighted by atomic mass is 10.2. The molecule has 6 heteroatoms. The van der Waals surface area contributed by atoms with Gasteiger partial charge in [0.25, 0.3) is 5.56 Å². The molecule has 6 nitrogen and oxygen atoms in total. The number of rotatable bonds is 5. The first kappa shape index (κ1) is 16.8. The molecular weight excluding hydrogens is 330 g/mol. The van der Waals surface area contributed by atoms with Crippen molar-refractivity contribution in [1.82, 2.24) is 14.7 Å². The van der Waals surface area contributed by atoms with Crippen LogP contribution in [0, 0.1) is 0 Å². The van der Waals surface area contributed by atoms with Crippen LogP contribution in [0.1, 0.15) is 5.56 Å². The molecule has 1 aliphatic rings. The van der Waals surface area contributed by atoms with E-state index in [9.17, 15) is 4.79 Å². The molecule has 0 radical (unpaired) electrons. The molecule has 3 aromatic rings. The van der Waals surface area contributed by atoms with Crippen molar-refractivity contribution < 1.29 is 9.47 Å². The van der Waals surface area contributed by atoms with Crippen LogP contribution in [-0.4, -0.2) is 41.0 Å². The van der Waals surface area contributed by atoms with E-state index >= 15 is 0 Å². The van der Waals surface area contributed by atoms with Gasteiger partial charge in [0, 0.05) is 13.1 Å². The Hall–Kier alpha value is -2.70. The molecule has 2 aromatic carbocycles. The highest BCUT2D eigenvalue weighted by atomic mass is 16.5. The quantitative estimate of drug-likeness (QED) is 0.706. The van der Waals surface area contributed by atoms with Crippen LogP contribution in [0.2, 0.25) is 0 Å². The van der Waals surface area contributed by atoms with Gasteiger partial charge >= 0.3 is 0 Å². The molecule has 1 aromatic heterocycles. The summed E-state index contributed by atoms with van der Waals surface area (Å²) in [6.07, 6.45) is 0. The summed E-state index contributed by atoms with van der Waals surface area (Å²) in [7, 11) is 0. The van der Waals surface area contributed by atoms with Crippen molar-refractivity contribution in [2.45, 2.75) is 13.3 Å². The van der Waals surface area contributed by atoms with Crippen LogP contribution in [0.25, 0.3) is 10.8 Å². The topological polar surface area (TPSA) is 56.6 Å². The van der Waals surface area contributed by atoms with Crippen LogP contribution in [0.5, 0.6) is 5.88 Å². The number of nitrogens with zero attached hydrogens (tertiary/aromatic N) is 3. The van der Waals surface area contributed by atoms with Crippen LogP contribution in [0.3, 0.4) is 0 Å². The fourth-order valence-electron chi connectivity index (χ4n) is 3.06. The summed E-state index contributed by atoms with van der Waals surface area (Å²) in [5.74, 6) is 0.484. The molecule has 1 saturated heterocycles. The minimum absolute atomic E-state index is 0.0980. The summed E-state index contributed by atoms with van der Waals surface area (Å²) >= 11 is 0. The van der Waals surface area contributed by atoms with Gasteiger partial charge in [-0.3, -0.25) is 9.69 Å². The van der Waals surface area contributed by atoms with Crippen molar-refractivity contribution in [3.8, 4) is 5.88 Å². The van der Waals surface area contributed by atoms with Crippen molar-refractivity contribution >= 4 is 10.8 Å². The van der Waals surface area contributed by atoms with Crippen LogP contribution >= 0.6 is 0 Å². The first-order valence-electron chi connectivity index (χ1n) is 8.78. The lowest BCUT2D eigenvalue weighted by molar-refractivity contribution is 0.0202. The van der Waals surface area contributed by atoms with E-state index in [0.717, 1.165) is 24.0 Å². The Bertz CT molecular complexity index is 934. The second kappa shape index (κ2) is 7.68. The third kappa shape index (κ3) is 3.61. The fourth-order valence-corrected chi connectivity index (χ4v) is 3.06. The number of hydrogen-bond donors (Lipinski definition) is 0. The Morgan fingerprint density at radius 3 is 2.42 bits per heavy atom. The number of benzene rings is 2. The second-order valence-corrected chi connectivity index (χ2v) is 6.30. The molecule has 4 rings (SSSR count). The largest absolute Gasteiger partial charge is 0.471 e. The minimum atomic E-state index is -0.0980. The Labute approximate surface area is 151 Å². The van der Waals surface area contributed by atoms with E-state index < -0.39 is 0 Å². The molecule has 0 N–H and O–H groups in total. The predicted octanol–water partition coefficient (Wildman–Crippen LogP) is 2.27. The van der Waals surface area contributed by atoms with Gasteiger partial charge in [-0.2, -0.15) is 0 Å². The molecule has 0 saturated carbocycles. The summed E-state index contributed by atoms with van der Waals surface area (Å²) in [5, 5.41) is 5.88. The van der Waals surface area contributed by atoms with E-state index in [1.807, 2.05) is 54.6 Å². The van der Waals surface area contributed by atoms with Crippen molar-refractivity contribution in [3.63, 3.8) is 0 Å². The highest BCUT2D eigenvalue weighted by molar-refractivity contribution is 5.85. The molecule has 134 valence electrons. The maximum atomic E-state index is 12.8. The molecule has 1 aliphatic heterocycles. The van der Waals surface area contributed by atoms with Crippen molar-refractivity contribution in [3.05, 3.63) is 70.5 Å². The number of hydrogen-bond acceptors (Lipinski definition) is 5. The molecule has 0 bridgehead atoms. The minimum Gasteiger partial charge on any atom is -0.471 e. The SMILES string of the molecule is O=c1c2ccccc2c(OCc2ccccc2)nn1CN1CCOCC1. The van der Waals surface area contributed by atoms with Gasteiger partial charge in [0.2, 0.25) is 5.88 Å². The van der Waals surface area contributed by atoms with E-state index in [4.69, 9.17) is 9.47 Å². The third-order valence-corrected chi connectivity index (χ3v) is 4.49. The van der Waals surface area contributed by atoms with Gasteiger partial charge in [-0.1, -0.05) is 42.5 Å². The first-order chi connectivity index (χ1) is 12.8. The summed E-state index contributed by atoms with van der Waals surface area (Å²) in [4.78, 5) is 15.0. The van der Waals surface area contributed by atoms with Crippen LogP contribution in [0.15, 0.2) is 59.4 Å². The van der Waals surface area contributed by atoms with Crippen molar-refractivity contribution in [2.24, 2.45) is 0 Å². The van der Waals surface area contributed by atoms with Gasteiger partial charge in [0.05, 0.1) is 30.7 Å². The Morgan fingerprint density at radius 1 is 0.962 bits per heavy atom. The summed E-state index contributed by atoms with van der Waals surface area (Å²) in [5.41, 5.74) is 0.962. The number of fused-ring (bicyclic) bond motifs is 1. The highest BCUT2D eigenvalue weighted by Gasteiger charge is 2.16. The van der Waals surface area contributed by atoms with Crippen molar-refractivity contribution in [2.75, 3.05) is 26.3 Å². The van der Waals surface area contributed by atoms with E-state index in [1.165, 1.54) is 4.68 Å². The molecule has 2 heterocycles. The zero-order valence-electron chi connectivity index (χ0n) is 14.5. The Balaban J connectivity index is 1.66. The molecule has 0 amide bonds. The van der Waals surface area contributed by atoms with Crippen molar-refractivity contribution in [1.29, 1.82) is 0 Å². The normalized spacial score (nSPS) is 15.2. The molecular formula is C20H21N3O3. The van der Waals surface area contributed by atoms with Gasteiger partial charge in [0.15, 0.2) is 0 Å². The van der Waals surface area contributed by atoms with Crippen LogP contribution in [-0.2, 0) is 18.0 Å². The Morgan fingerprint density at radius 2 is 1.65 bits per heavy atom. The summed E-state index contributed by atoms with van der Waals surface area (Å²) in [6.45, 7) is 3.80. The zero-order valence-corrected chi connectivity index (χ0v) is 14.5. The second-order valence-electron chi connectivity index (χ2n) is 6.30. The van der Waals surface area contributed by atoms with Crippen LogP contribution < -0.4 is 10.3 Å². The standard InChI is InChI=1S/C20H21N3O3/c24-20-18-9-5-4-8-17(18)19(26-14-16-6-2-1-3-7-16)21-23(20)15-22-10-12-25-13-11-22/h1-9H,10-15H2. The number of ether oxygens (including phenoxy) is 2. The number of aromatic nitrogens is 2. The molecule has 26 heavy (non-hydrogen) atoms. The maximum Gasteiger partial charge on any atom is 0.276 e. The van der Waals surface area contributed by atoms with E-state index in [2.05, 4.69) is 10.00 Å². The van der Waals surface area contributed by atoms with Gasteiger partial charge in [0.1, 0.15) is 6.61 Å². The summed E-state index contributed by atoms with van der Waals surface area (Å²) < 4.78 is 12.8. The zero-order chi connectivity index (χ0) is 17.8. The molecule has 0 unspecified atom stereocenters. The van der Waals surface area contributed by atoms with Crippen LogP contribution in [0.4, 0.5) is 0 Å². The fraction of sp³-hybridized carbons (Fsp3) is 0.300. The average Bonchev–Trinajstić information content (AvgIpc) is 2.71. The molecule has 0 spiro atoms. The lowest BCUT2D eigenvalue weighted by Gasteiger charge is -2.26. The highest BCUT2D eigenvalue weighted by Crippen LogP contribution is 2.21.